The molecule has 0 N–H and O–H groups in total. The Morgan fingerprint density at radius 2 is 2.00 bits per heavy atom. The lowest BCUT2D eigenvalue weighted by molar-refractivity contribution is -0.142. The molecule has 3 nitrogen and oxygen atoms in total. The highest BCUT2D eigenvalue weighted by atomic mass is 16.6. The van der Waals surface area contributed by atoms with Crippen LogP contribution in [0.15, 0.2) is 0 Å². The topological polar surface area (TPSA) is 43.4 Å². The molecule has 0 aromatic carbocycles. The third-order valence-corrected chi connectivity index (χ3v) is 0.621. The van der Waals surface area contributed by atoms with Gasteiger partial charge in [-0.2, -0.15) is 0 Å². The Morgan fingerprint density at radius 3 is 2.12 bits per heavy atom. The third kappa shape index (κ3) is 3.33. The van der Waals surface area contributed by atoms with Crippen molar-refractivity contribution in [2.45, 2.75) is 13.3 Å². The molecule has 0 aliphatic heterocycles. The highest BCUT2D eigenvalue weighted by Crippen LogP contribution is 1.83. The number of carbonyl (C=O) groups is 2. The maximum absolute atomic E-state index is 10.2. The number of esters is 1. The normalized spacial score (nSPS) is 8.25. The fourth-order valence-corrected chi connectivity index (χ4v) is 0.275. The van der Waals surface area contributed by atoms with E-state index >= 15 is 0 Å². The van der Waals surface area contributed by atoms with Gasteiger partial charge in [0, 0.05) is 0 Å². The zero-order valence-electron chi connectivity index (χ0n) is 4.93. The predicted molar refractivity (Wildman–Crippen MR) is 27.3 cm³/mol. The quantitative estimate of drug-likeness (QED) is 0.293. The molecule has 0 amide bonds. The smallest absolute Gasteiger partial charge is 0.313 e. The number of methoxy groups -OCH3 is 1. The summed E-state index contributed by atoms with van der Waals surface area (Å²) >= 11 is 0. The summed E-state index contributed by atoms with van der Waals surface area (Å²) in [5.41, 5.74) is 0. The van der Waals surface area contributed by atoms with Crippen molar-refractivity contribution in [2.24, 2.45) is 0 Å². The van der Waals surface area contributed by atoms with Gasteiger partial charge in [-0.1, -0.05) is 0 Å². The fraction of sp³-hybridized carbons (Fsp3) is 0.600. The summed E-state index contributed by atoms with van der Waals surface area (Å²) in [6, 6.07) is 0. The SMILES string of the molecule is CC(=O)CC(=O)O[13CH3]. The summed E-state index contributed by atoms with van der Waals surface area (Å²) < 4.78 is 4.20. The lowest BCUT2D eigenvalue weighted by atomic mass is 10.3. The van der Waals surface area contributed by atoms with Crippen LogP contribution in [-0.4, -0.2) is 18.9 Å². The van der Waals surface area contributed by atoms with E-state index in [2.05, 4.69) is 4.74 Å². The van der Waals surface area contributed by atoms with E-state index in [0.717, 1.165) is 0 Å². The van der Waals surface area contributed by atoms with Crippen molar-refractivity contribution < 1.29 is 14.3 Å². The van der Waals surface area contributed by atoms with E-state index in [1.165, 1.54) is 14.0 Å². The Balaban J connectivity index is 3.40. The summed E-state index contributed by atoms with van der Waals surface area (Å²) in [5.74, 6) is -0.644. The Hall–Kier alpha value is -0.860. The van der Waals surface area contributed by atoms with Crippen molar-refractivity contribution in [3.63, 3.8) is 0 Å². The lowest BCUT2D eigenvalue weighted by Crippen LogP contribution is -2.05. The van der Waals surface area contributed by atoms with Crippen molar-refractivity contribution >= 4 is 11.8 Å². The Bertz CT molecular complexity index is 106. The first-order valence-corrected chi connectivity index (χ1v) is 2.23. The molecule has 3 heteroatoms. The molecule has 0 aliphatic carbocycles. The van der Waals surface area contributed by atoms with Crippen LogP contribution in [0.2, 0.25) is 0 Å². The van der Waals surface area contributed by atoms with Crippen molar-refractivity contribution in [1.82, 2.24) is 0 Å². The number of hydrogen-bond donors (Lipinski definition) is 0. The first kappa shape index (κ1) is 7.14. The predicted octanol–water partition coefficient (Wildman–Crippen LogP) is 0.138. The molecule has 0 aromatic heterocycles. The fourth-order valence-electron chi connectivity index (χ4n) is 0.275. The van der Waals surface area contributed by atoms with Crippen LogP contribution in [0.5, 0.6) is 0 Å². The van der Waals surface area contributed by atoms with Gasteiger partial charge in [0.25, 0.3) is 0 Å². The van der Waals surface area contributed by atoms with Crippen LogP contribution >= 0.6 is 0 Å². The number of rotatable bonds is 2. The van der Waals surface area contributed by atoms with Crippen molar-refractivity contribution in [3.8, 4) is 0 Å². The van der Waals surface area contributed by atoms with Crippen LogP contribution in [0.25, 0.3) is 0 Å². The molecule has 0 rings (SSSR count). The van der Waals surface area contributed by atoms with E-state index in [1.807, 2.05) is 0 Å². The highest BCUT2D eigenvalue weighted by Gasteiger charge is 2.01. The second kappa shape index (κ2) is 3.18. The molecule has 0 aliphatic rings. The molecule has 0 saturated carbocycles. The molecule has 0 aromatic rings. The molecule has 0 saturated heterocycles. The molecule has 0 heterocycles. The summed E-state index contributed by atoms with van der Waals surface area (Å²) in [6.07, 6.45) is -0.115. The number of ether oxygens (including phenoxy) is 1. The minimum Gasteiger partial charge on any atom is -0.469 e. The molecular formula is C5H8O3. The Labute approximate surface area is 47.6 Å². The molecule has 0 atom stereocenters. The zero-order valence-corrected chi connectivity index (χ0v) is 4.93. The van der Waals surface area contributed by atoms with Gasteiger partial charge in [0.2, 0.25) is 0 Å². The molecule has 0 fully saturated rings. The Kier molecular flexibility index (Phi) is 2.84. The lowest BCUT2D eigenvalue weighted by Gasteiger charge is -1.90. The van der Waals surface area contributed by atoms with Crippen molar-refractivity contribution in [3.05, 3.63) is 0 Å². The van der Waals surface area contributed by atoms with Gasteiger partial charge < -0.3 is 4.74 Å². The van der Waals surface area contributed by atoms with E-state index in [1.54, 1.807) is 0 Å². The summed E-state index contributed by atoms with van der Waals surface area (Å²) in [5, 5.41) is 0. The highest BCUT2D eigenvalue weighted by molar-refractivity contribution is 5.93. The van der Waals surface area contributed by atoms with Crippen molar-refractivity contribution in [2.75, 3.05) is 7.11 Å². The molecular weight excluding hydrogens is 109 g/mol. The Morgan fingerprint density at radius 1 is 1.50 bits per heavy atom. The number of carbonyl (C=O) groups excluding carboxylic acids is 2. The molecule has 0 spiro atoms. The second-order valence-corrected chi connectivity index (χ2v) is 1.45. The van der Waals surface area contributed by atoms with Gasteiger partial charge in [0.1, 0.15) is 12.2 Å². The van der Waals surface area contributed by atoms with Gasteiger partial charge in [0.15, 0.2) is 0 Å². The monoisotopic (exact) mass is 117 g/mol. The van der Waals surface area contributed by atoms with Gasteiger partial charge in [0.05, 0.1) is 7.11 Å². The van der Waals surface area contributed by atoms with Gasteiger partial charge >= 0.3 is 5.97 Å². The number of Topliss-reactive ketones (excluding diaryl/α,β-unsaturated/α-hetero) is 1. The molecule has 46 valence electrons. The maximum atomic E-state index is 10.2. The summed E-state index contributed by atoms with van der Waals surface area (Å²) in [4.78, 5) is 20.3. The van der Waals surface area contributed by atoms with Crippen molar-refractivity contribution in [1.29, 1.82) is 0 Å². The van der Waals surface area contributed by atoms with Gasteiger partial charge in [-0.05, 0) is 6.92 Å². The van der Waals surface area contributed by atoms with E-state index in [0.29, 0.717) is 0 Å². The molecule has 0 unspecified atom stereocenters. The second-order valence-electron chi connectivity index (χ2n) is 1.45. The van der Waals surface area contributed by atoms with Gasteiger partial charge in [-0.25, -0.2) is 0 Å². The first-order chi connectivity index (χ1) is 3.66. The zero-order chi connectivity index (χ0) is 6.57. The third-order valence-electron chi connectivity index (χ3n) is 0.621. The average Bonchev–Trinajstić information content (AvgIpc) is 1.65. The van der Waals surface area contributed by atoms with Gasteiger partial charge in [-0.3, -0.25) is 9.59 Å². The van der Waals surface area contributed by atoms with Crippen LogP contribution in [0, 0.1) is 0 Å². The van der Waals surface area contributed by atoms with Gasteiger partial charge in [-0.15, -0.1) is 0 Å². The average molecular weight is 117 g/mol. The largest absolute Gasteiger partial charge is 0.469 e. The standard InChI is InChI=1S/C5H8O3/c1-4(6)3-5(7)8-2/h3H2,1-2H3/i2+1. The summed E-state index contributed by atoms with van der Waals surface area (Å²) in [6.45, 7) is 1.34. The minimum absolute atomic E-state index is 0.115. The minimum atomic E-state index is -0.475. The van der Waals surface area contributed by atoms with Crippen LogP contribution in [0.3, 0.4) is 0 Å². The van der Waals surface area contributed by atoms with E-state index < -0.39 is 5.97 Å². The number of hydrogen-bond acceptors (Lipinski definition) is 3. The van der Waals surface area contributed by atoms with Crippen LogP contribution in [-0.2, 0) is 14.3 Å². The maximum Gasteiger partial charge on any atom is 0.313 e. The first-order valence-electron chi connectivity index (χ1n) is 2.23. The van der Waals surface area contributed by atoms with Crippen LogP contribution in [0.4, 0.5) is 0 Å². The van der Waals surface area contributed by atoms with E-state index in [9.17, 15) is 9.59 Å². The number of ketones is 1. The molecule has 0 bridgehead atoms. The molecule has 0 radical (unpaired) electrons. The molecule has 8 heavy (non-hydrogen) atoms. The van der Waals surface area contributed by atoms with E-state index in [-0.39, 0.29) is 12.2 Å². The van der Waals surface area contributed by atoms with E-state index in [4.69, 9.17) is 0 Å². The van der Waals surface area contributed by atoms with Crippen LogP contribution in [0.1, 0.15) is 13.3 Å². The van der Waals surface area contributed by atoms with Crippen LogP contribution < -0.4 is 0 Å². The summed E-state index contributed by atoms with van der Waals surface area (Å²) in [7, 11) is 1.26.